The second-order valence-corrected chi connectivity index (χ2v) is 7.68. The highest BCUT2D eigenvalue weighted by atomic mass is 16.1. The van der Waals surface area contributed by atoms with Crippen LogP contribution < -0.4 is 11.1 Å². The third-order valence-electron chi connectivity index (χ3n) is 5.18. The molecule has 4 heteroatoms. The van der Waals surface area contributed by atoms with Crippen LogP contribution in [0.2, 0.25) is 0 Å². The van der Waals surface area contributed by atoms with Crippen molar-refractivity contribution in [3.63, 3.8) is 0 Å². The zero-order valence-electron chi connectivity index (χ0n) is 14.1. The van der Waals surface area contributed by atoms with Crippen molar-refractivity contribution in [2.45, 2.75) is 65.5 Å². The van der Waals surface area contributed by atoms with Gasteiger partial charge in [-0.25, -0.2) is 0 Å². The van der Waals surface area contributed by atoms with E-state index in [2.05, 4.69) is 37.9 Å². The fraction of sp³-hybridized carbons (Fsp3) is 0.938. The molecule has 0 aliphatic carbocycles. The Morgan fingerprint density at radius 1 is 1.30 bits per heavy atom. The molecule has 20 heavy (non-hydrogen) atoms. The lowest BCUT2D eigenvalue weighted by atomic mass is 9.75. The zero-order chi connectivity index (χ0) is 15.6. The van der Waals surface area contributed by atoms with Crippen molar-refractivity contribution in [1.29, 1.82) is 0 Å². The van der Waals surface area contributed by atoms with Gasteiger partial charge >= 0.3 is 0 Å². The summed E-state index contributed by atoms with van der Waals surface area (Å²) in [7, 11) is 1.81. The molecule has 1 fully saturated rings. The molecule has 1 aliphatic heterocycles. The molecule has 0 saturated carbocycles. The number of piperidine rings is 1. The average Bonchev–Trinajstić information content (AvgIpc) is 2.37. The molecule has 2 atom stereocenters. The number of nitrogens with one attached hydrogen (secondary N) is 1. The standard InChI is InChI=1S/C16H33N3O/c1-12(11-16(5,18-6)14(17)20)19-9-7-13(8-10-19)15(2,3)4/h12-13,18H,7-11H2,1-6H3,(H2,17,20). The van der Waals surface area contributed by atoms with Crippen LogP contribution >= 0.6 is 0 Å². The number of likely N-dealkylation sites (N-methyl/N-ethyl adjacent to an activating group) is 1. The Hall–Kier alpha value is -0.610. The number of hydrogen-bond acceptors (Lipinski definition) is 3. The van der Waals surface area contributed by atoms with Crippen molar-refractivity contribution in [3.05, 3.63) is 0 Å². The van der Waals surface area contributed by atoms with Crippen LogP contribution in [0.4, 0.5) is 0 Å². The summed E-state index contributed by atoms with van der Waals surface area (Å²) in [6.45, 7) is 13.4. The number of amides is 1. The fourth-order valence-electron chi connectivity index (χ4n) is 3.25. The number of nitrogens with two attached hydrogens (primary N) is 1. The molecular weight excluding hydrogens is 250 g/mol. The van der Waals surface area contributed by atoms with E-state index in [1.807, 2.05) is 14.0 Å². The number of primary amides is 1. The first-order valence-electron chi connectivity index (χ1n) is 7.83. The van der Waals surface area contributed by atoms with Crippen molar-refractivity contribution in [1.82, 2.24) is 10.2 Å². The van der Waals surface area contributed by atoms with E-state index in [-0.39, 0.29) is 5.91 Å². The Morgan fingerprint density at radius 2 is 1.80 bits per heavy atom. The quantitative estimate of drug-likeness (QED) is 0.811. The summed E-state index contributed by atoms with van der Waals surface area (Å²) < 4.78 is 0. The van der Waals surface area contributed by atoms with E-state index in [0.29, 0.717) is 11.5 Å². The summed E-state index contributed by atoms with van der Waals surface area (Å²) in [6, 6.07) is 0.376. The lowest BCUT2D eigenvalue weighted by Crippen LogP contribution is -2.55. The smallest absolute Gasteiger partial charge is 0.237 e. The number of likely N-dealkylation sites (tertiary alicyclic amines) is 1. The molecule has 3 N–H and O–H groups in total. The van der Waals surface area contributed by atoms with Crippen LogP contribution in [0.15, 0.2) is 0 Å². The van der Waals surface area contributed by atoms with Crippen LogP contribution in [0.1, 0.15) is 53.9 Å². The third-order valence-corrected chi connectivity index (χ3v) is 5.18. The van der Waals surface area contributed by atoms with E-state index in [0.717, 1.165) is 25.4 Å². The lowest BCUT2D eigenvalue weighted by Gasteiger charge is -2.42. The van der Waals surface area contributed by atoms with E-state index >= 15 is 0 Å². The summed E-state index contributed by atoms with van der Waals surface area (Å²) in [4.78, 5) is 14.1. The molecule has 1 aliphatic rings. The second kappa shape index (κ2) is 6.44. The van der Waals surface area contributed by atoms with Gasteiger partial charge in [-0.3, -0.25) is 4.79 Å². The monoisotopic (exact) mass is 283 g/mol. The van der Waals surface area contributed by atoms with E-state index in [4.69, 9.17) is 5.73 Å². The van der Waals surface area contributed by atoms with E-state index < -0.39 is 5.54 Å². The maximum atomic E-state index is 11.6. The minimum atomic E-state index is -0.611. The Bertz CT molecular complexity index is 329. The molecule has 1 saturated heterocycles. The van der Waals surface area contributed by atoms with Gasteiger partial charge in [-0.1, -0.05) is 20.8 Å². The molecule has 4 nitrogen and oxygen atoms in total. The highest BCUT2D eigenvalue weighted by molar-refractivity contribution is 5.84. The van der Waals surface area contributed by atoms with Crippen LogP contribution in [0.5, 0.6) is 0 Å². The summed E-state index contributed by atoms with van der Waals surface area (Å²) in [5.74, 6) is 0.536. The maximum Gasteiger partial charge on any atom is 0.237 e. The van der Waals surface area contributed by atoms with Gasteiger partial charge in [0.25, 0.3) is 0 Å². The molecule has 1 heterocycles. The average molecular weight is 283 g/mol. The van der Waals surface area contributed by atoms with E-state index in [1.165, 1.54) is 12.8 Å². The first-order valence-corrected chi connectivity index (χ1v) is 7.83. The Morgan fingerprint density at radius 3 is 2.15 bits per heavy atom. The molecule has 0 aromatic rings. The summed E-state index contributed by atoms with van der Waals surface area (Å²) in [5, 5.41) is 3.08. The molecule has 0 radical (unpaired) electrons. The molecular formula is C16H33N3O. The molecule has 1 rings (SSSR count). The van der Waals surface area contributed by atoms with Crippen molar-refractivity contribution in [3.8, 4) is 0 Å². The Kier molecular flexibility index (Phi) is 5.61. The SMILES string of the molecule is CNC(C)(CC(C)N1CCC(C(C)(C)C)CC1)C(N)=O. The second-order valence-electron chi connectivity index (χ2n) is 7.68. The molecule has 1 amide bonds. The predicted molar refractivity (Wildman–Crippen MR) is 84.5 cm³/mol. The highest BCUT2D eigenvalue weighted by Gasteiger charge is 2.35. The normalized spacial score (nSPS) is 23.3. The largest absolute Gasteiger partial charge is 0.368 e. The maximum absolute atomic E-state index is 11.6. The number of rotatable bonds is 5. The van der Waals surface area contributed by atoms with Crippen LogP contribution in [0.3, 0.4) is 0 Å². The first-order chi connectivity index (χ1) is 9.10. The van der Waals surface area contributed by atoms with Crippen LogP contribution in [-0.2, 0) is 4.79 Å². The van der Waals surface area contributed by atoms with E-state index in [9.17, 15) is 4.79 Å². The minimum absolute atomic E-state index is 0.267. The van der Waals surface area contributed by atoms with Gasteiger partial charge in [-0.15, -0.1) is 0 Å². The fourth-order valence-corrected chi connectivity index (χ4v) is 3.25. The van der Waals surface area contributed by atoms with Crippen LogP contribution in [0.25, 0.3) is 0 Å². The van der Waals surface area contributed by atoms with Crippen molar-refractivity contribution in [2.24, 2.45) is 17.1 Å². The van der Waals surface area contributed by atoms with Gasteiger partial charge in [-0.2, -0.15) is 0 Å². The highest BCUT2D eigenvalue weighted by Crippen LogP contribution is 2.35. The minimum Gasteiger partial charge on any atom is -0.368 e. The van der Waals surface area contributed by atoms with E-state index in [1.54, 1.807) is 0 Å². The van der Waals surface area contributed by atoms with Gasteiger partial charge in [0, 0.05) is 6.04 Å². The third kappa shape index (κ3) is 4.19. The van der Waals surface area contributed by atoms with Gasteiger partial charge in [0.2, 0.25) is 5.91 Å². The van der Waals surface area contributed by atoms with Gasteiger partial charge in [0.05, 0.1) is 5.54 Å². The van der Waals surface area contributed by atoms with Crippen molar-refractivity contribution >= 4 is 5.91 Å². The number of nitrogens with zero attached hydrogens (tertiary/aromatic N) is 1. The zero-order valence-corrected chi connectivity index (χ0v) is 14.1. The molecule has 0 aromatic heterocycles. The van der Waals surface area contributed by atoms with Crippen molar-refractivity contribution < 1.29 is 4.79 Å². The van der Waals surface area contributed by atoms with Gasteiger partial charge < -0.3 is 16.0 Å². The van der Waals surface area contributed by atoms with Gasteiger partial charge in [0.15, 0.2) is 0 Å². The molecule has 0 bridgehead atoms. The van der Waals surface area contributed by atoms with Crippen molar-refractivity contribution in [2.75, 3.05) is 20.1 Å². The lowest BCUT2D eigenvalue weighted by molar-refractivity contribution is -0.124. The van der Waals surface area contributed by atoms with Crippen LogP contribution in [0, 0.1) is 11.3 Å². The molecule has 0 aromatic carbocycles. The topological polar surface area (TPSA) is 58.4 Å². The van der Waals surface area contributed by atoms with Crippen LogP contribution in [-0.4, -0.2) is 42.5 Å². The summed E-state index contributed by atoms with van der Waals surface area (Å²) in [6.07, 6.45) is 3.26. The van der Waals surface area contributed by atoms with Gasteiger partial charge in [-0.05, 0) is 64.6 Å². The number of carbonyl (C=O) groups excluding carboxylic acids is 1. The molecule has 0 spiro atoms. The Balaban J connectivity index is 2.55. The summed E-state index contributed by atoms with van der Waals surface area (Å²) in [5.41, 5.74) is 5.31. The molecule has 118 valence electrons. The molecule has 2 unspecified atom stereocenters. The predicted octanol–water partition coefficient (Wildman–Crippen LogP) is 1.99. The first kappa shape index (κ1) is 17.4. The van der Waals surface area contributed by atoms with Gasteiger partial charge in [0.1, 0.15) is 0 Å². The number of carbonyl (C=O) groups is 1. The Labute approximate surface area is 124 Å². The summed E-state index contributed by atoms with van der Waals surface area (Å²) >= 11 is 0. The number of hydrogen-bond donors (Lipinski definition) is 2.